The summed E-state index contributed by atoms with van der Waals surface area (Å²) in [6.07, 6.45) is 3.01. The second-order valence-corrected chi connectivity index (χ2v) is 5.65. The van der Waals surface area contributed by atoms with Gasteiger partial charge in [0.25, 0.3) is 0 Å². The zero-order valence-corrected chi connectivity index (χ0v) is 11.5. The van der Waals surface area contributed by atoms with Crippen LogP contribution in [-0.4, -0.2) is 28.8 Å². The average molecular weight is 294 g/mol. The number of nitrogens with zero attached hydrogens (tertiary/aromatic N) is 1. The molecule has 2 aliphatic rings. The Hall–Kier alpha value is -1.98. The van der Waals surface area contributed by atoms with Crippen molar-refractivity contribution in [3.8, 4) is 0 Å². The van der Waals surface area contributed by atoms with Gasteiger partial charge in [0.2, 0.25) is 11.8 Å². The first kappa shape index (κ1) is 14.0. The molecule has 1 aromatic carbocycles. The number of rotatable bonds is 2. The number of piperazine rings is 1. The Labute approximate surface area is 121 Å². The number of carbonyl (C=O) groups is 2. The molecule has 2 amide bonds. The van der Waals surface area contributed by atoms with Gasteiger partial charge < -0.3 is 10.2 Å². The molecule has 0 aromatic heterocycles. The van der Waals surface area contributed by atoms with E-state index in [-0.39, 0.29) is 24.9 Å². The Kier molecular flexibility index (Phi) is 3.39. The molecule has 4 nitrogen and oxygen atoms in total. The molecule has 0 atom stereocenters. The number of nitrogens with one attached hydrogen (secondary N) is 1. The van der Waals surface area contributed by atoms with Crippen LogP contribution < -0.4 is 5.32 Å². The van der Waals surface area contributed by atoms with Crippen LogP contribution in [0.2, 0.25) is 0 Å². The molecule has 1 N–H and O–H groups in total. The summed E-state index contributed by atoms with van der Waals surface area (Å²) in [5.74, 6) is -2.18. The van der Waals surface area contributed by atoms with Crippen LogP contribution in [0.1, 0.15) is 31.2 Å². The molecule has 3 rings (SSSR count). The lowest BCUT2D eigenvalue weighted by atomic mass is 9.90. The molecular weight excluding hydrogens is 278 g/mol. The third-order valence-corrected chi connectivity index (χ3v) is 4.40. The van der Waals surface area contributed by atoms with Gasteiger partial charge in [0, 0.05) is 6.54 Å². The Morgan fingerprint density at radius 3 is 2.52 bits per heavy atom. The Morgan fingerprint density at radius 1 is 1.14 bits per heavy atom. The smallest absolute Gasteiger partial charge is 0.246 e. The van der Waals surface area contributed by atoms with Gasteiger partial charge in [0.15, 0.2) is 11.6 Å². The SMILES string of the molecule is O=C1CNC(=O)C2(CCCC2)N1Cc1ccc(F)c(F)c1. The first-order valence-corrected chi connectivity index (χ1v) is 7.06. The van der Waals surface area contributed by atoms with Gasteiger partial charge in [0.05, 0.1) is 6.54 Å². The summed E-state index contributed by atoms with van der Waals surface area (Å²) in [7, 11) is 0. The van der Waals surface area contributed by atoms with E-state index in [0.29, 0.717) is 18.4 Å². The van der Waals surface area contributed by atoms with Crippen LogP contribution in [0.4, 0.5) is 8.78 Å². The summed E-state index contributed by atoms with van der Waals surface area (Å²) in [5, 5.41) is 2.64. The highest BCUT2D eigenvalue weighted by Gasteiger charge is 2.50. The van der Waals surface area contributed by atoms with Crippen LogP contribution in [0, 0.1) is 11.6 Å². The summed E-state index contributed by atoms with van der Waals surface area (Å²) in [6, 6.07) is 3.57. The molecule has 1 aliphatic heterocycles. The largest absolute Gasteiger partial charge is 0.345 e. The van der Waals surface area contributed by atoms with E-state index in [9.17, 15) is 18.4 Å². The zero-order chi connectivity index (χ0) is 15.0. The summed E-state index contributed by atoms with van der Waals surface area (Å²) >= 11 is 0. The molecule has 1 saturated carbocycles. The minimum atomic E-state index is -0.943. The summed E-state index contributed by atoms with van der Waals surface area (Å²) in [5.41, 5.74) is -0.330. The standard InChI is InChI=1S/C15H16F2N2O2/c16-11-4-3-10(7-12(11)17)9-19-13(20)8-18-14(21)15(19)5-1-2-6-15/h3-4,7H,1-2,5-6,8-9H2,(H,18,21). The van der Waals surface area contributed by atoms with Gasteiger partial charge in [-0.25, -0.2) is 8.78 Å². The molecule has 112 valence electrons. The van der Waals surface area contributed by atoms with Crippen molar-refractivity contribution < 1.29 is 18.4 Å². The van der Waals surface area contributed by atoms with E-state index >= 15 is 0 Å². The fraction of sp³-hybridized carbons (Fsp3) is 0.467. The third kappa shape index (κ3) is 2.28. The van der Waals surface area contributed by atoms with Gasteiger partial charge in [-0.05, 0) is 30.5 Å². The van der Waals surface area contributed by atoms with E-state index in [2.05, 4.69) is 5.32 Å². The predicted octanol–water partition coefficient (Wildman–Crippen LogP) is 1.74. The number of hydrogen-bond acceptors (Lipinski definition) is 2. The van der Waals surface area contributed by atoms with Crippen LogP contribution >= 0.6 is 0 Å². The lowest BCUT2D eigenvalue weighted by Gasteiger charge is -2.43. The van der Waals surface area contributed by atoms with Gasteiger partial charge >= 0.3 is 0 Å². The minimum absolute atomic E-state index is 0.0374. The predicted molar refractivity (Wildman–Crippen MR) is 71.1 cm³/mol. The molecule has 21 heavy (non-hydrogen) atoms. The second kappa shape index (κ2) is 5.09. The number of benzene rings is 1. The maximum atomic E-state index is 13.3. The van der Waals surface area contributed by atoms with E-state index in [0.717, 1.165) is 25.0 Å². The van der Waals surface area contributed by atoms with E-state index in [1.807, 2.05) is 0 Å². The Bertz CT molecular complexity index is 597. The Balaban J connectivity index is 1.91. The first-order chi connectivity index (χ1) is 10.0. The highest BCUT2D eigenvalue weighted by atomic mass is 19.2. The molecule has 1 aliphatic carbocycles. The number of amides is 2. The molecule has 0 bridgehead atoms. The molecular formula is C15H16F2N2O2. The normalized spacial score (nSPS) is 21.0. The number of halogens is 2. The first-order valence-electron chi connectivity index (χ1n) is 7.06. The van der Waals surface area contributed by atoms with Gasteiger partial charge in [-0.3, -0.25) is 9.59 Å². The summed E-state index contributed by atoms with van der Waals surface area (Å²) < 4.78 is 26.3. The summed E-state index contributed by atoms with van der Waals surface area (Å²) in [6.45, 7) is 0.0910. The quantitative estimate of drug-likeness (QED) is 0.903. The molecule has 1 saturated heterocycles. The van der Waals surface area contributed by atoms with Crippen molar-refractivity contribution in [2.45, 2.75) is 37.8 Å². The Morgan fingerprint density at radius 2 is 1.86 bits per heavy atom. The van der Waals surface area contributed by atoms with Crippen molar-refractivity contribution in [3.05, 3.63) is 35.4 Å². The molecule has 6 heteroatoms. The average Bonchev–Trinajstić information content (AvgIpc) is 2.94. The molecule has 1 spiro atoms. The lowest BCUT2D eigenvalue weighted by Crippen LogP contribution is -2.65. The van der Waals surface area contributed by atoms with E-state index in [4.69, 9.17) is 0 Å². The van der Waals surface area contributed by atoms with Crippen molar-refractivity contribution in [1.29, 1.82) is 0 Å². The van der Waals surface area contributed by atoms with E-state index in [1.54, 1.807) is 0 Å². The van der Waals surface area contributed by atoms with Crippen LogP contribution in [0.15, 0.2) is 18.2 Å². The maximum absolute atomic E-state index is 13.3. The van der Waals surface area contributed by atoms with Crippen molar-refractivity contribution in [1.82, 2.24) is 10.2 Å². The molecule has 2 fully saturated rings. The summed E-state index contributed by atoms with van der Waals surface area (Å²) in [4.78, 5) is 26.0. The molecule has 0 radical (unpaired) electrons. The van der Waals surface area contributed by atoms with Crippen molar-refractivity contribution in [2.24, 2.45) is 0 Å². The number of hydrogen-bond donors (Lipinski definition) is 1. The second-order valence-electron chi connectivity index (χ2n) is 5.65. The van der Waals surface area contributed by atoms with E-state index in [1.165, 1.54) is 11.0 Å². The van der Waals surface area contributed by atoms with Gasteiger partial charge in [-0.1, -0.05) is 18.9 Å². The third-order valence-electron chi connectivity index (χ3n) is 4.40. The topological polar surface area (TPSA) is 49.4 Å². The van der Waals surface area contributed by atoms with Crippen LogP contribution in [0.25, 0.3) is 0 Å². The van der Waals surface area contributed by atoms with E-state index < -0.39 is 17.2 Å². The highest BCUT2D eigenvalue weighted by molar-refractivity contribution is 5.98. The van der Waals surface area contributed by atoms with Gasteiger partial charge in [-0.15, -0.1) is 0 Å². The number of carbonyl (C=O) groups excluding carboxylic acids is 2. The zero-order valence-electron chi connectivity index (χ0n) is 11.5. The van der Waals surface area contributed by atoms with Crippen molar-refractivity contribution in [3.63, 3.8) is 0 Å². The van der Waals surface area contributed by atoms with Gasteiger partial charge in [0.1, 0.15) is 5.54 Å². The molecule has 1 heterocycles. The monoisotopic (exact) mass is 294 g/mol. The lowest BCUT2D eigenvalue weighted by molar-refractivity contribution is -0.154. The minimum Gasteiger partial charge on any atom is -0.345 e. The maximum Gasteiger partial charge on any atom is 0.246 e. The highest BCUT2D eigenvalue weighted by Crippen LogP contribution is 2.38. The van der Waals surface area contributed by atoms with Crippen LogP contribution in [0.5, 0.6) is 0 Å². The van der Waals surface area contributed by atoms with Crippen LogP contribution in [0.3, 0.4) is 0 Å². The molecule has 0 unspecified atom stereocenters. The van der Waals surface area contributed by atoms with Crippen molar-refractivity contribution >= 4 is 11.8 Å². The van der Waals surface area contributed by atoms with Gasteiger partial charge in [-0.2, -0.15) is 0 Å². The van der Waals surface area contributed by atoms with Crippen LogP contribution in [-0.2, 0) is 16.1 Å². The van der Waals surface area contributed by atoms with Crippen molar-refractivity contribution in [2.75, 3.05) is 6.54 Å². The molecule has 1 aromatic rings. The fourth-order valence-electron chi connectivity index (χ4n) is 3.29. The fourth-order valence-corrected chi connectivity index (χ4v) is 3.29.